The fraction of sp³-hybridized carbons (Fsp3) is 0.391. The minimum absolute atomic E-state index is 0.0632. The topological polar surface area (TPSA) is 46.6 Å². The van der Waals surface area contributed by atoms with Crippen molar-refractivity contribution in [1.29, 1.82) is 0 Å². The van der Waals surface area contributed by atoms with Crippen LogP contribution in [-0.2, 0) is 27.4 Å². The van der Waals surface area contributed by atoms with Crippen LogP contribution in [0, 0.1) is 23.7 Å². The quantitative estimate of drug-likeness (QED) is 0.767. The number of fused-ring (bicyclic) bond motifs is 1. The standard InChI is InChI=1S/C23H23NO3/c25-22(20-17-11-18-19(12-17)27-23(26)21(18)20)24(13-15-7-3-1-4-8-15)14-16-9-5-2-6-10-16/h1-10,17-21H,11-14H2/t17-,18+,19-,20+,21-/m0/s1. The van der Waals surface area contributed by atoms with Crippen molar-refractivity contribution >= 4 is 11.9 Å². The van der Waals surface area contributed by atoms with Gasteiger partial charge in [0, 0.05) is 19.0 Å². The molecule has 1 aliphatic heterocycles. The third-order valence-electron chi connectivity index (χ3n) is 6.51. The van der Waals surface area contributed by atoms with Crippen molar-refractivity contribution in [1.82, 2.24) is 4.90 Å². The van der Waals surface area contributed by atoms with E-state index in [0.717, 1.165) is 24.0 Å². The number of hydrogen-bond acceptors (Lipinski definition) is 3. The predicted molar refractivity (Wildman–Crippen MR) is 100 cm³/mol. The summed E-state index contributed by atoms with van der Waals surface area (Å²) >= 11 is 0. The third kappa shape index (κ3) is 2.84. The SMILES string of the molecule is O=C1O[C@H]2C[C@@H]3C[C@H]2[C@H]1[C@@H]3C(=O)N(Cc1ccccc1)Cc1ccccc1. The average Bonchev–Trinajstić information content (AvgIpc) is 3.31. The highest BCUT2D eigenvalue weighted by Crippen LogP contribution is 2.58. The predicted octanol–water partition coefficient (Wildman–Crippen LogP) is 3.41. The monoisotopic (exact) mass is 361 g/mol. The van der Waals surface area contributed by atoms with Gasteiger partial charge in [0.05, 0.1) is 11.8 Å². The molecule has 27 heavy (non-hydrogen) atoms. The third-order valence-corrected chi connectivity index (χ3v) is 6.51. The first-order valence-corrected chi connectivity index (χ1v) is 9.78. The fourth-order valence-corrected chi connectivity index (χ4v) is 5.37. The highest BCUT2D eigenvalue weighted by atomic mass is 16.6. The van der Waals surface area contributed by atoms with Crippen molar-refractivity contribution in [3.05, 3.63) is 71.8 Å². The molecular formula is C23H23NO3. The summed E-state index contributed by atoms with van der Waals surface area (Å²) in [5.74, 6) is 0.0638. The molecule has 4 heteroatoms. The number of hydrogen-bond donors (Lipinski definition) is 0. The van der Waals surface area contributed by atoms with Crippen LogP contribution in [0.4, 0.5) is 0 Å². The van der Waals surface area contributed by atoms with Gasteiger partial charge in [-0.1, -0.05) is 60.7 Å². The Morgan fingerprint density at radius 2 is 1.52 bits per heavy atom. The number of rotatable bonds is 5. The molecule has 0 N–H and O–H groups in total. The van der Waals surface area contributed by atoms with Gasteiger partial charge in [0.15, 0.2) is 0 Å². The molecule has 1 amide bonds. The highest BCUT2D eigenvalue weighted by Gasteiger charge is 2.64. The number of carbonyl (C=O) groups excluding carboxylic acids is 2. The van der Waals surface area contributed by atoms with Gasteiger partial charge in [-0.05, 0) is 29.9 Å². The molecule has 2 aromatic rings. The first-order valence-electron chi connectivity index (χ1n) is 9.78. The summed E-state index contributed by atoms with van der Waals surface area (Å²) in [6, 6.07) is 20.1. The molecule has 1 heterocycles. The van der Waals surface area contributed by atoms with Crippen LogP contribution in [0.2, 0.25) is 0 Å². The van der Waals surface area contributed by atoms with Crippen LogP contribution in [0.1, 0.15) is 24.0 Å². The van der Waals surface area contributed by atoms with E-state index in [1.54, 1.807) is 0 Å². The molecule has 2 bridgehead atoms. The maximum Gasteiger partial charge on any atom is 0.310 e. The van der Waals surface area contributed by atoms with Crippen LogP contribution < -0.4 is 0 Å². The summed E-state index contributed by atoms with van der Waals surface area (Å²) in [5, 5.41) is 0. The van der Waals surface area contributed by atoms with E-state index < -0.39 is 0 Å². The summed E-state index contributed by atoms with van der Waals surface area (Å²) in [5.41, 5.74) is 2.22. The lowest BCUT2D eigenvalue weighted by Gasteiger charge is -2.31. The Balaban J connectivity index is 1.43. The van der Waals surface area contributed by atoms with Crippen LogP contribution in [0.3, 0.4) is 0 Å². The molecule has 2 aliphatic carbocycles. The Bertz CT molecular complexity index is 807. The molecule has 3 aliphatic rings. The molecule has 3 fully saturated rings. The Morgan fingerprint density at radius 1 is 0.926 bits per heavy atom. The summed E-state index contributed by atoms with van der Waals surface area (Å²) < 4.78 is 5.53. The summed E-state index contributed by atoms with van der Waals surface area (Å²) in [6.45, 7) is 1.13. The molecule has 0 aromatic heterocycles. The van der Waals surface area contributed by atoms with Crippen LogP contribution in [0.25, 0.3) is 0 Å². The van der Waals surface area contributed by atoms with Gasteiger partial charge in [0.2, 0.25) is 5.91 Å². The molecular weight excluding hydrogens is 338 g/mol. The zero-order valence-corrected chi connectivity index (χ0v) is 15.2. The highest BCUT2D eigenvalue weighted by molar-refractivity contribution is 5.88. The number of carbonyl (C=O) groups is 2. The maximum atomic E-state index is 13.6. The van der Waals surface area contributed by atoms with Gasteiger partial charge in [-0.2, -0.15) is 0 Å². The van der Waals surface area contributed by atoms with Crippen molar-refractivity contribution in [3.63, 3.8) is 0 Å². The van der Waals surface area contributed by atoms with E-state index in [9.17, 15) is 9.59 Å². The number of esters is 1. The van der Waals surface area contributed by atoms with Crippen molar-refractivity contribution < 1.29 is 14.3 Å². The molecule has 2 saturated carbocycles. The molecule has 0 radical (unpaired) electrons. The molecule has 5 rings (SSSR count). The van der Waals surface area contributed by atoms with Crippen molar-refractivity contribution in [3.8, 4) is 0 Å². The van der Waals surface area contributed by atoms with Crippen molar-refractivity contribution in [2.45, 2.75) is 32.0 Å². The minimum atomic E-state index is -0.227. The largest absolute Gasteiger partial charge is 0.462 e. The first-order chi connectivity index (χ1) is 13.2. The van der Waals surface area contributed by atoms with Crippen LogP contribution in [0.5, 0.6) is 0 Å². The van der Waals surface area contributed by atoms with E-state index in [2.05, 4.69) is 0 Å². The van der Waals surface area contributed by atoms with Crippen LogP contribution >= 0.6 is 0 Å². The molecule has 0 spiro atoms. The van der Waals surface area contributed by atoms with Gasteiger partial charge < -0.3 is 9.64 Å². The Morgan fingerprint density at radius 3 is 2.11 bits per heavy atom. The second-order valence-electron chi connectivity index (χ2n) is 8.09. The van der Waals surface area contributed by atoms with Crippen LogP contribution in [-0.4, -0.2) is 22.9 Å². The van der Waals surface area contributed by atoms with Gasteiger partial charge in [-0.25, -0.2) is 0 Å². The van der Waals surface area contributed by atoms with Crippen molar-refractivity contribution in [2.75, 3.05) is 0 Å². The number of nitrogens with zero attached hydrogens (tertiary/aromatic N) is 1. The van der Waals surface area contributed by atoms with Gasteiger partial charge in [0.25, 0.3) is 0 Å². The number of benzene rings is 2. The van der Waals surface area contributed by atoms with Crippen molar-refractivity contribution in [2.24, 2.45) is 23.7 Å². The lowest BCUT2D eigenvalue weighted by atomic mass is 9.79. The normalized spacial score (nSPS) is 30.4. The number of amides is 1. The van der Waals surface area contributed by atoms with Crippen LogP contribution in [0.15, 0.2) is 60.7 Å². The van der Waals surface area contributed by atoms with Gasteiger partial charge in [0.1, 0.15) is 6.10 Å². The Kier molecular flexibility index (Phi) is 4.00. The van der Waals surface area contributed by atoms with Gasteiger partial charge in [-0.15, -0.1) is 0 Å². The zero-order chi connectivity index (χ0) is 18.4. The Hall–Kier alpha value is -2.62. The molecule has 5 atom stereocenters. The summed E-state index contributed by atoms with van der Waals surface area (Å²) in [7, 11) is 0. The minimum Gasteiger partial charge on any atom is -0.462 e. The summed E-state index contributed by atoms with van der Waals surface area (Å²) in [6.07, 6.45) is 1.88. The molecule has 2 aromatic carbocycles. The molecule has 1 saturated heterocycles. The molecule has 0 unspecified atom stereocenters. The average molecular weight is 361 g/mol. The van der Waals surface area contributed by atoms with Gasteiger partial charge in [-0.3, -0.25) is 9.59 Å². The molecule has 4 nitrogen and oxygen atoms in total. The first kappa shape index (κ1) is 16.5. The van der Waals surface area contributed by atoms with E-state index in [0.29, 0.717) is 13.1 Å². The lowest BCUT2D eigenvalue weighted by molar-refractivity contribution is -0.148. The summed E-state index contributed by atoms with van der Waals surface area (Å²) in [4.78, 5) is 27.9. The smallest absolute Gasteiger partial charge is 0.310 e. The van der Waals surface area contributed by atoms with E-state index in [1.165, 1.54) is 0 Å². The number of ether oxygens (including phenoxy) is 1. The second-order valence-corrected chi connectivity index (χ2v) is 8.09. The zero-order valence-electron chi connectivity index (χ0n) is 15.2. The molecule has 138 valence electrons. The fourth-order valence-electron chi connectivity index (χ4n) is 5.37. The second kappa shape index (κ2) is 6.52. The van der Waals surface area contributed by atoms with E-state index in [1.807, 2.05) is 65.6 Å². The Labute approximate surface area is 159 Å². The lowest BCUT2D eigenvalue weighted by Crippen LogP contribution is -2.42. The van der Waals surface area contributed by atoms with E-state index in [-0.39, 0.29) is 41.7 Å². The van der Waals surface area contributed by atoms with E-state index in [4.69, 9.17) is 4.74 Å². The maximum absolute atomic E-state index is 13.6. The van der Waals surface area contributed by atoms with E-state index >= 15 is 0 Å². The van der Waals surface area contributed by atoms with Gasteiger partial charge >= 0.3 is 5.97 Å².